The third-order valence-corrected chi connectivity index (χ3v) is 13.0. The molecule has 0 aliphatic rings. The van der Waals surface area contributed by atoms with E-state index in [0.29, 0.717) is 0 Å². The monoisotopic (exact) mass is 552 g/mol. The van der Waals surface area contributed by atoms with Crippen molar-refractivity contribution in [3.8, 4) is 0 Å². The van der Waals surface area contributed by atoms with E-state index in [4.69, 9.17) is 6.30 Å². The molecule has 9 aromatic rings. The predicted molar refractivity (Wildman–Crippen MR) is 189 cm³/mol. The Labute approximate surface area is 245 Å². The van der Waals surface area contributed by atoms with Gasteiger partial charge in [-0.2, -0.15) is 0 Å². The zero-order chi connectivity index (χ0) is 28.2. The summed E-state index contributed by atoms with van der Waals surface area (Å²) in [6, 6.07) is 48.2. The van der Waals surface area contributed by atoms with E-state index in [1.54, 1.807) is 0 Å². The first-order valence-corrected chi connectivity index (χ1v) is 16.6. The summed E-state index contributed by atoms with van der Waals surface area (Å²) in [6.07, 6.45) is 5.34. The SMILES string of the molecule is C=P(c1cc(C)cc(C)c1)(c1ccc2ccc3cccc4ccc1c2c34)c1ccc2ccc3cccc4ccc1c2c34. The molecule has 0 heterocycles. The van der Waals surface area contributed by atoms with E-state index in [2.05, 4.69) is 141 Å². The smallest absolute Gasteiger partial charge is 0.00202 e. The average Bonchev–Trinajstić information content (AvgIpc) is 3.01. The van der Waals surface area contributed by atoms with E-state index in [9.17, 15) is 0 Å². The normalized spacial score (nSPS) is 12.6. The van der Waals surface area contributed by atoms with Gasteiger partial charge in [-0.15, -0.1) is 0 Å². The Hall–Kier alpha value is -4.64. The number of rotatable bonds is 3. The van der Waals surface area contributed by atoms with E-state index >= 15 is 0 Å². The average molecular weight is 553 g/mol. The molecule has 0 N–H and O–H groups in total. The molecule has 0 aromatic heterocycles. The highest BCUT2D eigenvalue weighted by Gasteiger charge is 2.28. The Bertz CT molecular complexity index is 2360. The minimum Gasteiger partial charge on any atom is -0.0886 e. The van der Waals surface area contributed by atoms with Crippen molar-refractivity contribution in [3.05, 3.63) is 139 Å². The van der Waals surface area contributed by atoms with Crippen LogP contribution in [0.1, 0.15) is 11.1 Å². The third-order valence-electron chi connectivity index (χ3n) is 9.48. The van der Waals surface area contributed by atoms with Crippen molar-refractivity contribution in [2.75, 3.05) is 0 Å². The topological polar surface area (TPSA) is 0 Å². The molecule has 0 aliphatic heterocycles. The van der Waals surface area contributed by atoms with E-state index in [1.807, 2.05) is 0 Å². The number of hydrogen-bond donors (Lipinski definition) is 0. The van der Waals surface area contributed by atoms with Gasteiger partial charge >= 0.3 is 0 Å². The molecule has 0 saturated heterocycles. The molecule has 0 bridgehead atoms. The molecule has 0 saturated carbocycles. The van der Waals surface area contributed by atoms with Crippen molar-refractivity contribution in [2.45, 2.75) is 13.8 Å². The zero-order valence-electron chi connectivity index (χ0n) is 23.8. The predicted octanol–water partition coefficient (Wildman–Crippen LogP) is 9.82. The molecule has 0 aliphatic carbocycles. The Morgan fingerprint density at radius 2 is 0.762 bits per heavy atom. The number of benzene rings is 9. The van der Waals surface area contributed by atoms with Gasteiger partial charge in [-0.3, -0.25) is 0 Å². The molecular weight excluding hydrogens is 523 g/mol. The van der Waals surface area contributed by atoms with Crippen LogP contribution < -0.4 is 15.9 Å². The molecule has 0 unspecified atom stereocenters. The Balaban J connectivity index is 1.48. The molecule has 0 spiro atoms. The molecule has 1 heteroatoms. The minimum atomic E-state index is -2.35. The third kappa shape index (κ3) is 3.14. The van der Waals surface area contributed by atoms with E-state index in [0.717, 1.165) is 0 Å². The molecule has 42 heavy (non-hydrogen) atoms. The van der Waals surface area contributed by atoms with E-state index < -0.39 is 6.89 Å². The van der Waals surface area contributed by atoms with Gasteiger partial charge in [0, 0.05) is 0 Å². The highest BCUT2D eigenvalue weighted by Crippen LogP contribution is 2.49. The molecule has 9 rings (SSSR count). The van der Waals surface area contributed by atoms with Gasteiger partial charge in [-0.05, 0) is 101 Å². The Kier molecular flexibility index (Phi) is 4.83. The van der Waals surface area contributed by atoms with Gasteiger partial charge in [0.1, 0.15) is 0 Å². The Morgan fingerprint density at radius 3 is 1.19 bits per heavy atom. The van der Waals surface area contributed by atoms with Crippen molar-refractivity contribution < 1.29 is 0 Å². The maximum atomic E-state index is 5.34. The zero-order valence-corrected chi connectivity index (χ0v) is 24.7. The van der Waals surface area contributed by atoms with Crippen molar-refractivity contribution >= 4 is 93.7 Å². The highest BCUT2D eigenvalue weighted by molar-refractivity contribution is 7.94. The largest absolute Gasteiger partial charge is 0.0886 e. The van der Waals surface area contributed by atoms with Gasteiger partial charge in [-0.25, -0.2) is 0 Å². The quantitative estimate of drug-likeness (QED) is 0.151. The molecule has 9 aromatic carbocycles. The van der Waals surface area contributed by atoms with Crippen LogP contribution in [0, 0.1) is 13.8 Å². The van der Waals surface area contributed by atoms with E-state index in [1.165, 1.54) is 91.7 Å². The second kappa shape index (κ2) is 8.45. The maximum absolute atomic E-state index is 5.34. The lowest BCUT2D eigenvalue weighted by atomic mass is 9.94. The lowest BCUT2D eigenvalue weighted by molar-refractivity contribution is 1.40. The maximum Gasteiger partial charge on any atom is -0.00202 e. The van der Waals surface area contributed by atoms with Crippen LogP contribution in [-0.2, 0) is 0 Å². The Morgan fingerprint density at radius 1 is 0.405 bits per heavy atom. The van der Waals surface area contributed by atoms with Crippen molar-refractivity contribution in [1.82, 2.24) is 0 Å². The fourth-order valence-corrected chi connectivity index (χ4v) is 11.2. The van der Waals surface area contributed by atoms with Crippen LogP contribution in [0.3, 0.4) is 0 Å². The summed E-state index contributed by atoms with van der Waals surface area (Å²) in [7, 11) is 0. The number of hydrogen-bond acceptors (Lipinski definition) is 0. The first-order valence-electron chi connectivity index (χ1n) is 14.7. The van der Waals surface area contributed by atoms with Crippen LogP contribution in [0.25, 0.3) is 64.6 Å². The van der Waals surface area contributed by atoms with E-state index in [-0.39, 0.29) is 0 Å². The summed E-state index contributed by atoms with van der Waals surface area (Å²) in [4.78, 5) is 0. The van der Waals surface area contributed by atoms with Gasteiger partial charge in [0.05, 0.1) is 0 Å². The van der Waals surface area contributed by atoms with Crippen molar-refractivity contribution in [2.24, 2.45) is 0 Å². The van der Waals surface area contributed by atoms with Gasteiger partial charge in [0.2, 0.25) is 0 Å². The summed E-state index contributed by atoms with van der Waals surface area (Å²) < 4.78 is 0. The van der Waals surface area contributed by atoms with Gasteiger partial charge in [-0.1, -0.05) is 145 Å². The number of aryl methyl sites for hydroxylation is 2. The van der Waals surface area contributed by atoms with Gasteiger partial charge in [0.25, 0.3) is 0 Å². The van der Waals surface area contributed by atoms with Crippen LogP contribution in [0.4, 0.5) is 0 Å². The summed E-state index contributed by atoms with van der Waals surface area (Å²) in [5.74, 6) is 0. The van der Waals surface area contributed by atoms with Crippen LogP contribution >= 0.6 is 6.89 Å². The second-order valence-electron chi connectivity index (χ2n) is 12.0. The van der Waals surface area contributed by atoms with Gasteiger partial charge < -0.3 is 0 Å². The summed E-state index contributed by atoms with van der Waals surface area (Å²) in [5, 5.41) is 19.9. The van der Waals surface area contributed by atoms with Crippen LogP contribution in [0.2, 0.25) is 0 Å². The van der Waals surface area contributed by atoms with Gasteiger partial charge in [0.15, 0.2) is 0 Å². The molecule has 0 amide bonds. The van der Waals surface area contributed by atoms with Crippen LogP contribution in [0.15, 0.2) is 127 Å². The minimum absolute atomic E-state index is 1.29. The molecule has 0 nitrogen and oxygen atoms in total. The van der Waals surface area contributed by atoms with Crippen LogP contribution in [0.5, 0.6) is 0 Å². The molecule has 198 valence electrons. The fourth-order valence-electron chi connectivity index (χ4n) is 7.68. The molecule has 0 radical (unpaired) electrons. The first kappa shape index (κ1) is 24.0. The lowest BCUT2D eigenvalue weighted by Crippen LogP contribution is -2.27. The summed E-state index contributed by atoms with van der Waals surface area (Å²) >= 11 is 0. The second-order valence-corrected chi connectivity index (χ2v) is 15.1. The first-order chi connectivity index (χ1) is 20.5. The fraction of sp³-hybridized carbons (Fsp3) is 0.0488. The van der Waals surface area contributed by atoms with Crippen molar-refractivity contribution in [1.29, 1.82) is 0 Å². The lowest BCUT2D eigenvalue weighted by Gasteiger charge is -2.31. The standard InChI is InChI=1S/C41H29P/c1-25-22-26(2)24-33(23-25)42(3,36-20-16-31-12-10-27-6-4-8-29-14-18-34(36)40(31)38(27)29)37-21-17-32-13-11-28-7-5-9-30-15-19-35(37)41(32)39(28)30/h4-24H,3H2,1-2H3. The van der Waals surface area contributed by atoms with Crippen LogP contribution in [-0.4, -0.2) is 6.30 Å². The highest BCUT2D eigenvalue weighted by atomic mass is 31.2. The molecular formula is C41H29P. The summed E-state index contributed by atoms with van der Waals surface area (Å²) in [6.45, 7) is 2.09. The molecule has 0 fully saturated rings. The molecule has 0 atom stereocenters. The van der Waals surface area contributed by atoms with Crippen molar-refractivity contribution in [3.63, 3.8) is 0 Å². The summed E-state index contributed by atoms with van der Waals surface area (Å²) in [5.41, 5.74) is 2.57.